The minimum atomic E-state index is -0.448. The Morgan fingerprint density at radius 2 is 2.00 bits per heavy atom. The van der Waals surface area contributed by atoms with Crippen molar-refractivity contribution < 1.29 is 9.18 Å². The van der Waals surface area contributed by atoms with E-state index in [2.05, 4.69) is 44.1 Å². The molecule has 9 heteroatoms. The van der Waals surface area contributed by atoms with Crippen molar-refractivity contribution in [3.05, 3.63) is 65.1 Å². The Kier molecular flexibility index (Phi) is 6.54. The van der Waals surface area contributed by atoms with E-state index in [0.717, 1.165) is 52.7 Å². The van der Waals surface area contributed by atoms with Gasteiger partial charge in [0.25, 0.3) is 5.91 Å². The molecule has 8 nitrogen and oxygen atoms in total. The molecule has 1 aliphatic carbocycles. The minimum Gasteiger partial charge on any atom is -0.386 e. The Hall–Kier alpha value is -4.01. The topological polar surface area (TPSA) is 108 Å². The quantitative estimate of drug-likeness (QED) is 0.283. The summed E-state index contributed by atoms with van der Waals surface area (Å²) in [6, 6.07) is 10.7. The molecule has 1 saturated carbocycles. The summed E-state index contributed by atoms with van der Waals surface area (Å²) < 4.78 is 14.2. The maximum atomic E-state index is 14.2. The monoisotopic (exact) mass is 501 g/mol. The van der Waals surface area contributed by atoms with Crippen LogP contribution in [-0.2, 0) is 0 Å². The number of nitrogens with one attached hydrogen (secondary N) is 4. The second kappa shape index (κ2) is 9.80. The summed E-state index contributed by atoms with van der Waals surface area (Å²) in [5.74, 6) is -0.190. The van der Waals surface area contributed by atoms with E-state index in [1.165, 1.54) is 6.07 Å². The maximum Gasteiger partial charge on any atom is 0.251 e. The Labute approximate surface area is 215 Å². The summed E-state index contributed by atoms with van der Waals surface area (Å²) in [6.07, 6.45) is 5.23. The second-order valence-corrected chi connectivity index (χ2v) is 10.2. The Morgan fingerprint density at radius 3 is 2.78 bits per heavy atom. The number of aromatic nitrogens is 4. The molecule has 0 aliphatic heterocycles. The standard InChI is InChI=1S/C28H32FN7O/c1-16-7-5-9-20-23(16)35-36-25(20)24-17(2)15-31-27(33-24)32-19-8-6-12-28(3,14-19)34-26(37)18-10-11-22(30-4)21(29)13-18/h5,7,9-11,13,15,19,30H,6,8,12,14H2,1-4H3,(H,34,37)(H,35,36)(H,31,32,33)/t19-,28+/m1/s1. The predicted octanol–water partition coefficient (Wildman–Crippen LogP) is 5.36. The molecule has 2 atom stereocenters. The second-order valence-electron chi connectivity index (χ2n) is 10.2. The van der Waals surface area contributed by atoms with Crippen LogP contribution in [0.4, 0.5) is 16.0 Å². The highest BCUT2D eigenvalue weighted by Crippen LogP contribution is 2.32. The number of carbonyl (C=O) groups excluding carboxylic acids is 1. The van der Waals surface area contributed by atoms with E-state index in [-0.39, 0.29) is 11.9 Å². The van der Waals surface area contributed by atoms with E-state index in [4.69, 9.17) is 4.98 Å². The van der Waals surface area contributed by atoms with Gasteiger partial charge in [-0.2, -0.15) is 5.10 Å². The number of aromatic amines is 1. The van der Waals surface area contributed by atoms with Crippen LogP contribution in [0.3, 0.4) is 0 Å². The number of hydrogen-bond donors (Lipinski definition) is 4. The molecule has 1 amide bonds. The third-order valence-electron chi connectivity index (χ3n) is 7.23. The lowest BCUT2D eigenvalue weighted by molar-refractivity contribution is 0.0878. The van der Waals surface area contributed by atoms with Gasteiger partial charge in [0.05, 0.1) is 16.9 Å². The summed E-state index contributed by atoms with van der Waals surface area (Å²) in [5, 5.41) is 18.1. The molecule has 2 heterocycles. The van der Waals surface area contributed by atoms with Gasteiger partial charge >= 0.3 is 0 Å². The number of benzene rings is 2. The molecule has 0 bridgehead atoms. The lowest BCUT2D eigenvalue weighted by Crippen LogP contribution is -2.51. The van der Waals surface area contributed by atoms with Crippen molar-refractivity contribution in [2.75, 3.05) is 17.7 Å². The molecule has 1 fully saturated rings. The number of hydrogen-bond acceptors (Lipinski definition) is 6. The van der Waals surface area contributed by atoms with Crippen molar-refractivity contribution >= 4 is 28.4 Å². The molecule has 0 spiro atoms. The minimum absolute atomic E-state index is 0.0798. The Balaban J connectivity index is 1.32. The summed E-state index contributed by atoms with van der Waals surface area (Å²) in [6.45, 7) is 6.07. The lowest BCUT2D eigenvalue weighted by atomic mass is 9.80. The number of anilines is 2. The van der Waals surface area contributed by atoms with Crippen molar-refractivity contribution in [3.8, 4) is 11.4 Å². The zero-order chi connectivity index (χ0) is 26.2. The first-order valence-electron chi connectivity index (χ1n) is 12.6. The van der Waals surface area contributed by atoms with Crippen LogP contribution in [0.2, 0.25) is 0 Å². The molecule has 192 valence electrons. The molecular weight excluding hydrogens is 469 g/mol. The van der Waals surface area contributed by atoms with Gasteiger partial charge in [-0.15, -0.1) is 0 Å². The van der Waals surface area contributed by atoms with Crippen LogP contribution in [0.1, 0.15) is 54.1 Å². The fraction of sp³-hybridized carbons (Fsp3) is 0.357. The van der Waals surface area contributed by atoms with E-state index < -0.39 is 11.4 Å². The zero-order valence-corrected chi connectivity index (χ0v) is 21.6. The molecule has 4 N–H and O–H groups in total. The molecule has 5 rings (SSSR count). The number of carbonyl (C=O) groups is 1. The third-order valence-corrected chi connectivity index (χ3v) is 7.23. The first-order chi connectivity index (χ1) is 17.8. The summed E-state index contributed by atoms with van der Waals surface area (Å²) in [5.41, 5.74) is 4.90. The number of rotatable bonds is 6. The van der Waals surface area contributed by atoms with Gasteiger partial charge in [-0.25, -0.2) is 14.4 Å². The van der Waals surface area contributed by atoms with Crippen LogP contribution in [0.15, 0.2) is 42.6 Å². The van der Waals surface area contributed by atoms with Gasteiger partial charge in [0.1, 0.15) is 11.5 Å². The molecule has 37 heavy (non-hydrogen) atoms. The molecule has 0 saturated heterocycles. The first-order valence-corrected chi connectivity index (χ1v) is 12.6. The smallest absolute Gasteiger partial charge is 0.251 e. The van der Waals surface area contributed by atoms with E-state index in [0.29, 0.717) is 23.6 Å². The number of fused-ring (bicyclic) bond motifs is 1. The molecular formula is C28H32FN7O. The largest absolute Gasteiger partial charge is 0.386 e. The highest BCUT2D eigenvalue weighted by Gasteiger charge is 2.34. The van der Waals surface area contributed by atoms with Crippen molar-refractivity contribution in [1.29, 1.82) is 0 Å². The lowest BCUT2D eigenvalue weighted by Gasteiger charge is -2.39. The van der Waals surface area contributed by atoms with E-state index in [1.54, 1.807) is 19.2 Å². The number of halogens is 1. The summed E-state index contributed by atoms with van der Waals surface area (Å²) in [4.78, 5) is 22.3. The van der Waals surface area contributed by atoms with Crippen LogP contribution >= 0.6 is 0 Å². The van der Waals surface area contributed by atoms with Crippen LogP contribution in [0.25, 0.3) is 22.3 Å². The van der Waals surface area contributed by atoms with Crippen LogP contribution in [0, 0.1) is 19.7 Å². The number of nitrogens with zero attached hydrogens (tertiary/aromatic N) is 3. The average molecular weight is 502 g/mol. The molecule has 2 aromatic carbocycles. The van der Waals surface area contributed by atoms with Gasteiger partial charge in [-0.3, -0.25) is 9.89 Å². The van der Waals surface area contributed by atoms with Crippen LogP contribution in [0.5, 0.6) is 0 Å². The third kappa shape index (κ3) is 4.98. The van der Waals surface area contributed by atoms with Gasteiger partial charge in [0.2, 0.25) is 5.95 Å². The van der Waals surface area contributed by atoms with Crippen LogP contribution in [-0.4, -0.2) is 44.7 Å². The van der Waals surface area contributed by atoms with E-state index in [9.17, 15) is 9.18 Å². The zero-order valence-electron chi connectivity index (χ0n) is 21.6. The SMILES string of the molecule is CNc1ccc(C(=O)N[C@@]2(C)CCC[C@@H](Nc3ncc(C)c(-c4n[nH]c5c(C)cccc45)n3)C2)cc1F. The van der Waals surface area contributed by atoms with Crippen molar-refractivity contribution in [2.24, 2.45) is 0 Å². The van der Waals surface area contributed by atoms with Gasteiger partial charge in [0, 0.05) is 35.8 Å². The molecule has 4 aromatic rings. The Morgan fingerprint density at radius 1 is 1.16 bits per heavy atom. The average Bonchev–Trinajstić information content (AvgIpc) is 3.30. The first kappa shape index (κ1) is 24.7. The molecule has 0 unspecified atom stereocenters. The van der Waals surface area contributed by atoms with Crippen molar-refractivity contribution in [1.82, 2.24) is 25.5 Å². The van der Waals surface area contributed by atoms with Gasteiger partial charge in [0.15, 0.2) is 0 Å². The number of H-pyrrole nitrogens is 1. The highest BCUT2D eigenvalue weighted by atomic mass is 19.1. The predicted molar refractivity (Wildman–Crippen MR) is 144 cm³/mol. The normalized spacial score (nSPS) is 19.5. The highest BCUT2D eigenvalue weighted by molar-refractivity contribution is 5.95. The van der Waals surface area contributed by atoms with E-state index >= 15 is 0 Å². The molecule has 2 aromatic heterocycles. The molecule has 1 aliphatic rings. The van der Waals surface area contributed by atoms with Gasteiger partial charge < -0.3 is 16.0 Å². The number of aryl methyl sites for hydroxylation is 2. The Bertz CT molecular complexity index is 1470. The fourth-order valence-corrected chi connectivity index (χ4v) is 5.23. The summed E-state index contributed by atoms with van der Waals surface area (Å²) in [7, 11) is 1.65. The molecule has 0 radical (unpaired) electrons. The van der Waals surface area contributed by atoms with Crippen molar-refractivity contribution in [2.45, 2.75) is 58.0 Å². The van der Waals surface area contributed by atoms with Crippen LogP contribution < -0.4 is 16.0 Å². The number of amides is 1. The van der Waals surface area contributed by atoms with Gasteiger partial charge in [-0.1, -0.05) is 18.2 Å². The maximum absolute atomic E-state index is 14.2. The number of para-hydroxylation sites is 1. The van der Waals surface area contributed by atoms with E-state index in [1.807, 2.05) is 32.2 Å². The summed E-state index contributed by atoms with van der Waals surface area (Å²) >= 11 is 0. The van der Waals surface area contributed by atoms with Crippen molar-refractivity contribution in [3.63, 3.8) is 0 Å². The fourth-order valence-electron chi connectivity index (χ4n) is 5.23. The van der Waals surface area contributed by atoms with Gasteiger partial charge in [-0.05, 0) is 75.8 Å².